The minimum atomic E-state index is 0.495. The van der Waals surface area contributed by atoms with E-state index in [1.54, 1.807) is 0 Å². The Morgan fingerprint density at radius 2 is 1.67 bits per heavy atom. The lowest BCUT2D eigenvalue weighted by Gasteiger charge is -2.03. The fourth-order valence-corrected chi connectivity index (χ4v) is 2.10. The van der Waals surface area contributed by atoms with E-state index in [0.717, 1.165) is 16.1 Å². The fourth-order valence-electron chi connectivity index (χ4n) is 1.98. The Kier molecular flexibility index (Phi) is 5.20. The molecule has 0 spiro atoms. The van der Waals surface area contributed by atoms with E-state index in [1.807, 2.05) is 30.5 Å². The predicted octanol–water partition coefficient (Wildman–Crippen LogP) is 4.74. The Morgan fingerprint density at radius 3 is 2.38 bits per heavy atom. The summed E-state index contributed by atoms with van der Waals surface area (Å²) in [6.07, 6.45) is 1.82. The molecule has 2 aromatic carbocycles. The highest BCUT2D eigenvalue weighted by atomic mass is 35.5. The van der Waals surface area contributed by atoms with E-state index in [4.69, 9.17) is 11.6 Å². The maximum absolute atomic E-state index is 5.84. The summed E-state index contributed by atoms with van der Waals surface area (Å²) in [4.78, 5) is 4.31. The molecule has 0 amide bonds. The Morgan fingerprint density at radius 1 is 1.00 bits per heavy atom. The van der Waals surface area contributed by atoms with E-state index < -0.39 is 0 Å². The molecule has 0 N–H and O–H groups in total. The van der Waals surface area contributed by atoms with Gasteiger partial charge in [-0.1, -0.05) is 41.6 Å². The van der Waals surface area contributed by atoms with Gasteiger partial charge in [-0.25, -0.2) is 0 Å². The topological polar surface area (TPSA) is 12.4 Å². The molecule has 0 unspecified atom stereocenters. The molecule has 0 radical (unpaired) electrons. The van der Waals surface area contributed by atoms with Crippen LogP contribution in [0.3, 0.4) is 0 Å². The molecule has 21 heavy (non-hydrogen) atoms. The highest BCUT2D eigenvalue weighted by Gasteiger charge is 1.98. The van der Waals surface area contributed by atoms with Crippen molar-refractivity contribution in [2.45, 2.75) is 20.8 Å². The van der Waals surface area contributed by atoms with Crippen molar-refractivity contribution < 1.29 is 0 Å². The second kappa shape index (κ2) is 7.11. The van der Waals surface area contributed by atoms with Crippen LogP contribution in [0.25, 0.3) is 0 Å². The maximum atomic E-state index is 5.84. The molecular weight excluding hydrogens is 278 g/mol. The average Bonchev–Trinajstić information content (AvgIpc) is 2.46. The third kappa shape index (κ3) is 4.48. The Balaban J connectivity index is 2.01. The van der Waals surface area contributed by atoms with Crippen molar-refractivity contribution in [2.24, 2.45) is 4.99 Å². The average molecular weight is 296 g/mol. The van der Waals surface area contributed by atoms with Gasteiger partial charge in [-0.2, -0.15) is 0 Å². The summed E-state index contributed by atoms with van der Waals surface area (Å²) in [7, 11) is 0. The number of nitrogens with zero attached hydrogens (tertiary/aromatic N) is 1. The van der Waals surface area contributed by atoms with E-state index in [9.17, 15) is 0 Å². The van der Waals surface area contributed by atoms with Crippen molar-refractivity contribution in [2.75, 3.05) is 6.54 Å². The molecule has 0 saturated carbocycles. The molecule has 0 atom stereocenters. The largest absolute Gasteiger partial charge is 0.280 e. The van der Waals surface area contributed by atoms with Gasteiger partial charge in [0.1, 0.15) is 6.54 Å². The van der Waals surface area contributed by atoms with Crippen LogP contribution >= 0.6 is 11.6 Å². The summed E-state index contributed by atoms with van der Waals surface area (Å²) in [5.41, 5.74) is 5.91. The number of hydrogen-bond donors (Lipinski definition) is 0. The second-order valence-corrected chi connectivity index (χ2v) is 5.51. The number of hydrogen-bond acceptors (Lipinski definition) is 1. The van der Waals surface area contributed by atoms with Crippen LogP contribution in [0, 0.1) is 32.6 Å². The molecule has 0 aliphatic rings. The SMILES string of the molecule is Cc1cc(C)c(C#CC/N=C/c2ccc(Cl)cc2)cc1C. The summed E-state index contributed by atoms with van der Waals surface area (Å²) in [5.74, 6) is 6.29. The molecule has 2 heteroatoms. The van der Waals surface area contributed by atoms with Gasteiger partial charge >= 0.3 is 0 Å². The first-order valence-corrected chi connectivity index (χ1v) is 7.26. The lowest BCUT2D eigenvalue weighted by Crippen LogP contribution is -1.88. The molecule has 1 nitrogen and oxygen atoms in total. The molecule has 0 aliphatic heterocycles. The quantitative estimate of drug-likeness (QED) is 0.561. The third-order valence-electron chi connectivity index (χ3n) is 3.34. The Labute approximate surface area is 131 Å². The summed E-state index contributed by atoms with van der Waals surface area (Å²) in [6.45, 7) is 6.82. The maximum Gasteiger partial charge on any atom is 0.100 e. The van der Waals surface area contributed by atoms with E-state index in [-0.39, 0.29) is 0 Å². The number of halogens is 1. The molecule has 0 aromatic heterocycles. The van der Waals surface area contributed by atoms with E-state index >= 15 is 0 Å². The summed E-state index contributed by atoms with van der Waals surface area (Å²) < 4.78 is 0. The molecule has 0 saturated heterocycles. The standard InChI is InChI=1S/C19H18ClN/c1-14-11-16(3)18(12-15(14)2)5-4-10-21-13-17-6-8-19(20)9-7-17/h6-9,11-13H,10H2,1-3H3/b21-13+. The smallest absolute Gasteiger partial charge is 0.100 e. The highest BCUT2D eigenvalue weighted by Crippen LogP contribution is 2.14. The van der Waals surface area contributed by atoms with Crippen molar-refractivity contribution in [1.82, 2.24) is 0 Å². The zero-order chi connectivity index (χ0) is 15.2. The summed E-state index contributed by atoms with van der Waals surface area (Å²) >= 11 is 5.84. The van der Waals surface area contributed by atoms with Crippen molar-refractivity contribution in [1.29, 1.82) is 0 Å². The highest BCUT2D eigenvalue weighted by molar-refractivity contribution is 6.30. The van der Waals surface area contributed by atoms with Crippen molar-refractivity contribution in [3.63, 3.8) is 0 Å². The third-order valence-corrected chi connectivity index (χ3v) is 3.60. The lowest BCUT2D eigenvalue weighted by atomic mass is 10.0. The van der Waals surface area contributed by atoms with Gasteiger partial charge in [0.05, 0.1) is 0 Å². The number of aryl methyl sites for hydroxylation is 3. The van der Waals surface area contributed by atoms with Gasteiger partial charge in [-0.15, -0.1) is 0 Å². The van der Waals surface area contributed by atoms with Gasteiger partial charge < -0.3 is 0 Å². The minimum Gasteiger partial charge on any atom is -0.280 e. The lowest BCUT2D eigenvalue weighted by molar-refractivity contribution is 1.28. The monoisotopic (exact) mass is 295 g/mol. The van der Waals surface area contributed by atoms with Gasteiger partial charge in [0.2, 0.25) is 0 Å². The predicted molar refractivity (Wildman–Crippen MR) is 91.4 cm³/mol. The fraction of sp³-hybridized carbons (Fsp3) is 0.211. The molecular formula is C19H18ClN. The molecule has 0 heterocycles. The van der Waals surface area contributed by atoms with Crippen LogP contribution in [-0.4, -0.2) is 12.8 Å². The van der Waals surface area contributed by atoms with E-state index in [0.29, 0.717) is 6.54 Å². The molecule has 2 rings (SSSR count). The first-order valence-electron chi connectivity index (χ1n) is 6.88. The summed E-state index contributed by atoms with van der Waals surface area (Å²) in [6, 6.07) is 11.9. The van der Waals surface area contributed by atoms with E-state index in [2.05, 4.69) is 49.7 Å². The molecule has 2 aromatic rings. The zero-order valence-corrected chi connectivity index (χ0v) is 13.3. The van der Waals surface area contributed by atoms with Crippen LogP contribution in [0.4, 0.5) is 0 Å². The number of rotatable bonds is 2. The van der Waals surface area contributed by atoms with Crippen LogP contribution in [0.15, 0.2) is 41.4 Å². The Hall–Kier alpha value is -2.04. The molecule has 106 valence electrons. The number of benzene rings is 2. The van der Waals surface area contributed by atoms with Crippen molar-refractivity contribution in [3.05, 3.63) is 69.2 Å². The Bertz CT molecular complexity index is 716. The van der Waals surface area contributed by atoms with Crippen molar-refractivity contribution >= 4 is 17.8 Å². The van der Waals surface area contributed by atoms with Crippen LogP contribution in [0.1, 0.15) is 27.8 Å². The van der Waals surface area contributed by atoms with Crippen LogP contribution in [-0.2, 0) is 0 Å². The molecule has 0 fully saturated rings. The molecule has 0 bridgehead atoms. The second-order valence-electron chi connectivity index (χ2n) is 5.07. The minimum absolute atomic E-state index is 0.495. The van der Waals surface area contributed by atoms with Crippen LogP contribution < -0.4 is 0 Å². The van der Waals surface area contributed by atoms with Gasteiger partial charge in [0, 0.05) is 16.8 Å². The zero-order valence-electron chi connectivity index (χ0n) is 12.6. The normalized spacial score (nSPS) is 10.5. The molecule has 0 aliphatic carbocycles. The summed E-state index contributed by atoms with van der Waals surface area (Å²) in [5, 5.41) is 0.733. The van der Waals surface area contributed by atoms with Gasteiger partial charge in [0.15, 0.2) is 0 Å². The van der Waals surface area contributed by atoms with Gasteiger partial charge in [-0.05, 0) is 61.2 Å². The van der Waals surface area contributed by atoms with E-state index in [1.165, 1.54) is 16.7 Å². The van der Waals surface area contributed by atoms with Crippen molar-refractivity contribution in [3.8, 4) is 11.8 Å². The van der Waals surface area contributed by atoms with Crippen LogP contribution in [0.5, 0.6) is 0 Å². The van der Waals surface area contributed by atoms with Gasteiger partial charge in [0.25, 0.3) is 0 Å². The van der Waals surface area contributed by atoms with Crippen LogP contribution in [0.2, 0.25) is 5.02 Å². The number of aliphatic imine (C=N–C) groups is 1. The van der Waals surface area contributed by atoms with Gasteiger partial charge in [-0.3, -0.25) is 4.99 Å². The first-order chi connectivity index (χ1) is 10.1. The first kappa shape index (κ1) is 15.4.